The largest absolute Gasteiger partial charge is 0.494 e. The second kappa shape index (κ2) is 6.93. The van der Waals surface area contributed by atoms with Crippen LogP contribution >= 0.6 is 0 Å². The van der Waals surface area contributed by atoms with Gasteiger partial charge in [-0.25, -0.2) is 4.39 Å². The number of rotatable bonds is 5. The summed E-state index contributed by atoms with van der Waals surface area (Å²) in [5.41, 5.74) is 0.956. The van der Waals surface area contributed by atoms with Crippen LogP contribution in [0.5, 0.6) is 5.75 Å². The molecule has 1 fully saturated rings. The lowest BCUT2D eigenvalue weighted by Gasteiger charge is -2.42. The van der Waals surface area contributed by atoms with Gasteiger partial charge in [-0.05, 0) is 25.0 Å². The first-order chi connectivity index (χ1) is 9.69. The Morgan fingerprint density at radius 2 is 2.20 bits per heavy atom. The minimum absolute atomic E-state index is 0.287. The molecular formula is C16H25FN2O. The van der Waals surface area contributed by atoms with Gasteiger partial charge in [0, 0.05) is 36.9 Å². The Hall–Kier alpha value is -1.29. The maximum Gasteiger partial charge on any atom is 0.167 e. The lowest BCUT2D eigenvalue weighted by Crippen LogP contribution is -2.56. The van der Waals surface area contributed by atoms with E-state index in [1.54, 1.807) is 12.1 Å². The Balaban J connectivity index is 2.19. The average Bonchev–Trinajstić information content (AvgIpc) is 2.47. The highest BCUT2D eigenvalue weighted by Gasteiger charge is 2.26. The smallest absolute Gasteiger partial charge is 0.167 e. The van der Waals surface area contributed by atoms with Crippen LogP contribution in [-0.4, -0.2) is 32.3 Å². The van der Waals surface area contributed by atoms with E-state index in [2.05, 4.69) is 24.1 Å². The van der Waals surface area contributed by atoms with Crippen LogP contribution in [0.4, 0.5) is 10.1 Å². The van der Waals surface area contributed by atoms with Crippen LogP contribution in [0.3, 0.4) is 0 Å². The van der Waals surface area contributed by atoms with Gasteiger partial charge in [0.25, 0.3) is 0 Å². The monoisotopic (exact) mass is 280 g/mol. The van der Waals surface area contributed by atoms with Crippen molar-refractivity contribution >= 4 is 5.69 Å². The van der Waals surface area contributed by atoms with Crippen LogP contribution in [-0.2, 0) is 0 Å². The molecule has 0 aromatic heterocycles. The maximum atomic E-state index is 13.9. The summed E-state index contributed by atoms with van der Waals surface area (Å²) in [7, 11) is 1.50. The van der Waals surface area contributed by atoms with Crippen molar-refractivity contribution in [2.24, 2.45) is 0 Å². The van der Waals surface area contributed by atoms with E-state index in [0.717, 1.165) is 31.6 Å². The maximum absolute atomic E-state index is 13.9. The molecule has 0 bridgehead atoms. The van der Waals surface area contributed by atoms with Gasteiger partial charge in [0.05, 0.1) is 7.11 Å². The number of piperazine rings is 1. The molecule has 2 unspecified atom stereocenters. The molecule has 112 valence electrons. The van der Waals surface area contributed by atoms with E-state index >= 15 is 0 Å². The zero-order valence-electron chi connectivity index (χ0n) is 12.7. The number of anilines is 1. The van der Waals surface area contributed by atoms with Crippen molar-refractivity contribution in [1.29, 1.82) is 0 Å². The summed E-state index contributed by atoms with van der Waals surface area (Å²) in [6.45, 7) is 6.29. The molecule has 1 aliphatic heterocycles. The van der Waals surface area contributed by atoms with E-state index in [4.69, 9.17) is 4.74 Å². The second-order valence-electron chi connectivity index (χ2n) is 5.43. The highest BCUT2D eigenvalue weighted by molar-refractivity contribution is 5.51. The first-order valence-corrected chi connectivity index (χ1v) is 7.53. The summed E-state index contributed by atoms with van der Waals surface area (Å²) in [4.78, 5) is 2.33. The first-order valence-electron chi connectivity index (χ1n) is 7.53. The summed E-state index contributed by atoms with van der Waals surface area (Å²) >= 11 is 0. The van der Waals surface area contributed by atoms with E-state index in [1.165, 1.54) is 13.5 Å². The van der Waals surface area contributed by atoms with Crippen molar-refractivity contribution in [3.05, 3.63) is 24.0 Å². The van der Waals surface area contributed by atoms with Gasteiger partial charge in [-0.2, -0.15) is 0 Å². The number of methoxy groups -OCH3 is 1. The molecule has 4 heteroatoms. The molecule has 0 saturated carbocycles. The molecule has 0 radical (unpaired) electrons. The van der Waals surface area contributed by atoms with Gasteiger partial charge in [0.15, 0.2) is 11.6 Å². The predicted octanol–water partition coefficient (Wildman–Crippen LogP) is 3.19. The number of ether oxygens (including phenoxy) is 1. The molecule has 0 spiro atoms. The summed E-state index contributed by atoms with van der Waals surface area (Å²) in [5, 5.41) is 3.60. The molecular weight excluding hydrogens is 255 g/mol. The van der Waals surface area contributed by atoms with Gasteiger partial charge in [0.2, 0.25) is 0 Å². The number of nitrogens with zero attached hydrogens (tertiary/aromatic N) is 1. The number of hydrogen-bond acceptors (Lipinski definition) is 3. The fourth-order valence-corrected chi connectivity index (χ4v) is 2.92. The highest BCUT2D eigenvalue weighted by atomic mass is 19.1. The van der Waals surface area contributed by atoms with Crippen LogP contribution in [0.25, 0.3) is 0 Å². The van der Waals surface area contributed by atoms with Gasteiger partial charge in [0.1, 0.15) is 0 Å². The van der Waals surface area contributed by atoms with Crippen molar-refractivity contribution in [2.45, 2.75) is 45.2 Å². The topological polar surface area (TPSA) is 24.5 Å². The summed E-state index contributed by atoms with van der Waals surface area (Å²) in [6, 6.07) is 6.19. The molecule has 20 heavy (non-hydrogen) atoms. The van der Waals surface area contributed by atoms with Gasteiger partial charge in [-0.1, -0.05) is 20.3 Å². The second-order valence-corrected chi connectivity index (χ2v) is 5.43. The lowest BCUT2D eigenvalue weighted by molar-refractivity contribution is 0.367. The molecule has 2 rings (SSSR count). The molecule has 2 atom stereocenters. The van der Waals surface area contributed by atoms with E-state index in [-0.39, 0.29) is 5.82 Å². The molecule has 1 saturated heterocycles. The third kappa shape index (κ3) is 3.23. The quantitative estimate of drug-likeness (QED) is 0.896. The van der Waals surface area contributed by atoms with Crippen molar-refractivity contribution in [1.82, 2.24) is 5.32 Å². The minimum atomic E-state index is -0.287. The number of hydrogen-bond donors (Lipinski definition) is 1. The third-order valence-corrected chi connectivity index (χ3v) is 4.08. The van der Waals surface area contributed by atoms with Crippen LogP contribution in [0, 0.1) is 5.82 Å². The first kappa shape index (κ1) is 15.1. The number of halogens is 1. The Kier molecular flexibility index (Phi) is 5.24. The van der Waals surface area contributed by atoms with Crippen molar-refractivity contribution < 1.29 is 9.13 Å². The van der Waals surface area contributed by atoms with Gasteiger partial charge in [-0.3, -0.25) is 0 Å². The van der Waals surface area contributed by atoms with E-state index < -0.39 is 0 Å². The van der Waals surface area contributed by atoms with Crippen LogP contribution in [0.15, 0.2) is 18.2 Å². The van der Waals surface area contributed by atoms with Crippen LogP contribution in [0.1, 0.15) is 33.1 Å². The van der Waals surface area contributed by atoms with E-state index in [1.807, 2.05) is 6.07 Å². The fraction of sp³-hybridized carbons (Fsp3) is 0.625. The van der Waals surface area contributed by atoms with E-state index in [9.17, 15) is 4.39 Å². The molecule has 3 nitrogen and oxygen atoms in total. The van der Waals surface area contributed by atoms with E-state index in [0.29, 0.717) is 17.8 Å². The SMILES string of the molecule is CCCC1CN(c2ccc(OC)c(F)c2)C(CC)CN1. The summed E-state index contributed by atoms with van der Waals surface area (Å²) in [5.74, 6) is 0.0208. The molecule has 0 amide bonds. The standard InChI is InChI=1S/C16H25FN2O/c1-4-6-12-11-19(13(5-2)10-18-12)14-7-8-16(20-3)15(17)9-14/h7-9,12-13,18H,4-6,10-11H2,1-3H3. The molecule has 1 aliphatic rings. The fourth-order valence-electron chi connectivity index (χ4n) is 2.92. The zero-order chi connectivity index (χ0) is 14.5. The Labute approximate surface area is 121 Å². The third-order valence-electron chi connectivity index (χ3n) is 4.08. The average molecular weight is 280 g/mol. The number of benzene rings is 1. The van der Waals surface area contributed by atoms with Crippen LogP contribution in [0.2, 0.25) is 0 Å². The van der Waals surface area contributed by atoms with Crippen molar-refractivity contribution in [2.75, 3.05) is 25.1 Å². The number of nitrogens with one attached hydrogen (secondary N) is 1. The Bertz CT molecular complexity index is 438. The summed E-state index contributed by atoms with van der Waals surface area (Å²) in [6.07, 6.45) is 3.38. The molecule has 1 aromatic rings. The van der Waals surface area contributed by atoms with Crippen molar-refractivity contribution in [3.63, 3.8) is 0 Å². The zero-order valence-corrected chi connectivity index (χ0v) is 12.7. The molecule has 1 heterocycles. The molecule has 1 aromatic carbocycles. The van der Waals surface area contributed by atoms with Gasteiger partial charge in [-0.15, -0.1) is 0 Å². The van der Waals surface area contributed by atoms with Crippen molar-refractivity contribution in [3.8, 4) is 5.75 Å². The van der Waals surface area contributed by atoms with Crippen LogP contribution < -0.4 is 15.0 Å². The Morgan fingerprint density at radius 3 is 2.80 bits per heavy atom. The Morgan fingerprint density at radius 1 is 1.40 bits per heavy atom. The molecule has 0 aliphatic carbocycles. The minimum Gasteiger partial charge on any atom is -0.494 e. The normalized spacial score (nSPS) is 22.9. The van der Waals surface area contributed by atoms with Gasteiger partial charge >= 0.3 is 0 Å². The molecule has 1 N–H and O–H groups in total. The summed E-state index contributed by atoms with van der Waals surface area (Å²) < 4.78 is 18.9. The van der Waals surface area contributed by atoms with Gasteiger partial charge < -0.3 is 15.0 Å². The lowest BCUT2D eigenvalue weighted by atomic mass is 10.0. The highest BCUT2D eigenvalue weighted by Crippen LogP contribution is 2.27. The predicted molar refractivity (Wildman–Crippen MR) is 81.1 cm³/mol.